The molecule has 1 saturated carbocycles. The fourth-order valence-electron chi connectivity index (χ4n) is 2.67. The normalized spacial score (nSPS) is 13.2. The van der Waals surface area contributed by atoms with E-state index >= 15 is 0 Å². The van der Waals surface area contributed by atoms with Crippen molar-refractivity contribution in [2.45, 2.75) is 25.3 Å². The Morgan fingerprint density at radius 2 is 1.81 bits per heavy atom. The third-order valence-corrected chi connectivity index (χ3v) is 4.20. The van der Waals surface area contributed by atoms with E-state index in [-0.39, 0.29) is 30.1 Å². The first-order valence-electron chi connectivity index (χ1n) is 8.59. The van der Waals surface area contributed by atoms with E-state index in [1.807, 2.05) is 25.1 Å². The summed E-state index contributed by atoms with van der Waals surface area (Å²) in [5.41, 5.74) is 2.60. The zero-order valence-corrected chi connectivity index (χ0v) is 14.9. The minimum absolute atomic E-state index is 0.133. The molecule has 0 bridgehead atoms. The second-order valence-corrected chi connectivity index (χ2v) is 6.73. The summed E-state index contributed by atoms with van der Waals surface area (Å²) in [5.74, 6) is -0.687. The van der Waals surface area contributed by atoms with E-state index < -0.39 is 0 Å². The number of hydrogen-bond donors (Lipinski definition) is 2. The zero-order chi connectivity index (χ0) is 18.7. The van der Waals surface area contributed by atoms with Crippen molar-refractivity contribution >= 4 is 23.2 Å². The molecule has 2 aromatic carbocycles. The lowest BCUT2D eigenvalue weighted by molar-refractivity contribution is -0.115. The van der Waals surface area contributed by atoms with Crippen LogP contribution < -0.4 is 15.5 Å². The van der Waals surface area contributed by atoms with Gasteiger partial charge in [0.2, 0.25) is 5.91 Å². The van der Waals surface area contributed by atoms with Gasteiger partial charge in [-0.05, 0) is 48.7 Å². The molecule has 0 aromatic heterocycles. The number of nitrogens with one attached hydrogen (secondary N) is 2. The highest BCUT2D eigenvalue weighted by molar-refractivity contribution is 6.02. The largest absolute Gasteiger partial charge is 0.377 e. The van der Waals surface area contributed by atoms with E-state index in [0.717, 1.165) is 24.1 Å². The van der Waals surface area contributed by atoms with Gasteiger partial charge in [0.05, 0.1) is 12.0 Å². The molecule has 2 aromatic rings. The van der Waals surface area contributed by atoms with Gasteiger partial charge in [0.1, 0.15) is 5.82 Å². The van der Waals surface area contributed by atoms with E-state index in [1.54, 1.807) is 24.3 Å². The van der Waals surface area contributed by atoms with E-state index in [9.17, 15) is 14.0 Å². The molecule has 136 valence electrons. The molecule has 1 fully saturated rings. The van der Waals surface area contributed by atoms with Crippen molar-refractivity contribution < 1.29 is 14.0 Å². The zero-order valence-electron chi connectivity index (χ0n) is 14.9. The van der Waals surface area contributed by atoms with Crippen LogP contribution in [0.2, 0.25) is 0 Å². The highest BCUT2D eigenvalue weighted by Crippen LogP contribution is 2.25. The van der Waals surface area contributed by atoms with Crippen LogP contribution in [0.15, 0.2) is 42.5 Å². The summed E-state index contributed by atoms with van der Waals surface area (Å²) in [7, 11) is 3.74. The first-order chi connectivity index (χ1) is 12.4. The van der Waals surface area contributed by atoms with E-state index in [0.29, 0.717) is 11.3 Å². The SMILES string of the molecule is CN(C)c1ccc(NC(=O)Cc2ccc(F)cc2)cc1C(=O)NC1CC1. The summed E-state index contributed by atoms with van der Waals surface area (Å²) in [6.45, 7) is 0. The van der Waals surface area contributed by atoms with E-state index in [4.69, 9.17) is 0 Å². The summed E-state index contributed by atoms with van der Waals surface area (Å²) in [6.07, 6.45) is 2.16. The van der Waals surface area contributed by atoms with Crippen LogP contribution in [0.3, 0.4) is 0 Å². The summed E-state index contributed by atoms with van der Waals surface area (Å²) < 4.78 is 12.9. The highest BCUT2D eigenvalue weighted by Gasteiger charge is 2.25. The standard InChI is InChI=1S/C20H22FN3O2/c1-24(2)18-10-9-16(12-17(18)20(26)23-15-7-8-15)22-19(25)11-13-3-5-14(21)6-4-13/h3-6,9-10,12,15H,7-8,11H2,1-2H3,(H,22,25)(H,23,26). The van der Waals surface area contributed by atoms with Crippen LogP contribution in [0.1, 0.15) is 28.8 Å². The molecular formula is C20H22FN3O2. The number of carbonyl (C=O) groups excluding carboxylic acids is 2. The number of nitrogens with zero attached hydrogens (tertiary/aromatic N) is 1. The van der Waals surface area contributed by atoms with Crippen molar-refractivity contribution in [2.75, 3.05) is 24.3 Å². The number of rotatable bonds is 6. The Morgan fingerprint density at radius 1 is 1.12 bits per heavy atom. The predicted molar refractivity (Wildman–Crippen MR) is 100.0 cm³/mol. The molecule has 2 amide bonds. The van der Waals surface area contributed by atoms with Crippen LogP contribution in [-0.4, -0.2) is 32.0 Å². The minimum Gasteiger partial charge on any atom is -0.377 e. The number of hydrogen-bond acceptors (Lipinski definition) is 3. The van der Waals surface area contributed by atoms with E-state index in [1.165, 1.54) is 12.1 Å². The van der Waals surface area contributed by atoms with Crippen LogP contribution in [-0.2, 0) is 11.2 Å². The number of halogens is 1. The lowest BCUT2D eigenvalue weighted by Crippen LogP contribution is -2.27. The van der Waals surface area contributed by atoms with Gasteiger partial charge in [-0.25, -0.2) is 4.39 Å². The van der Waals surface area contributed by atoms with Crippen LogP contribution >= 0.6 is 0 Å². The quantitative estimate of drug-likeness (QED) is 0.837. The monoisotopic (exact) mass is 355 g/mol. The Bertz CT molecular complexity index is 814. The molecule has 1 aliphatic carbocycles. The Labute approximate surface area is 152 Å². The van der Waals surface area contributed by atoms with Crippen molar-refractivity contribution in [1.82, 2.24) is 5.32 Å². The molecule has 0 aliphatic heterocycles. The first kappa shape index (κ1) is 17.9. The lowest BCUT2D eigenvalue weighted by atomic mass is 10.1. The predicted octanol–water partition coefficient (Wildman–Crippen LogP) is 2.97. The molecule has 0 radical (unpaired) electrons. The van der Waals surface area contributed by atoms with Crippen molar-refractivity contribution in [3.05, 3.63) is 59.4 Å². The van der Waals surface area contributed by atoms with Crippen LogP contribution in [0, 0.1) is 5.82 Å². The maximum Gasteiger partial charge on any atom is 0.253 e. The van der Waals surface area contributed by atoms with Gasteiger partial charge < -0.3 is 15.5 Å². The summed E-state index contributed by atoms with van der Waals surface area (Å²) in [5, 5.41) is 5.78. The molecule has 3 rings (SSSR count). The van der Waals surface area contributed by atoms with Gasteiger partial charge in [-0.1, -0.05) is 12.1 Å². The Balaban J connectivity index is 1.73. The van der Waals surface area contributed by atoms with Gasteiger partial charge in [0, 0.05) is 31.5 Å². The molecule has 0 saturated heterocycles. The van der Waals surface area contributed by atoms with Gasteiger partial charge in [-0.15, -0.1) is 0 Å². The highest BCUT2D eigenvalue weighted by atomic mass is 19.1. The lowest BCUT2D eigenvalue weighted by Gasteiger charge is -2.18. The van der Waals surface area contributed by atoms with E-state index in [2.05, 4.69) is 10.6 Å². The number of carbonyl (C=O) groups is 2. The molecule has 0 heterocycles. The average molecular weight is 355 g/mol. The molecule has 0 atom stereocenters. The average Bonchev–Trinajstić information content (AvgIpc) is 3.40. The molecule has 6 heteroatoms. The second-order valence-electron chi connectivity index (χ2n) is 6.73. The number of amides is 2. The van der Waals surface area contributed by atoms with Gasteiger partial charge in [-0.2, -0.15) is 0 Å². The molecule has 0 spiro atoms. The van der Waals surface area contributed by atoms with Gasteiger partial charge in [0.15, 0.2) is 0 Å². The summed E-state index contributed by atoms with van der Waals surface area (Å²) >= 11 is 0. The smallest absolute Gasteiger partial charge is 0.253 e. The molecule has 2 N–H and O–H groups in total. The Hall–Kier alpha value is -2.89. The first-order valence-corrected chi connectivity index (χ1v) is 8.59. The molecule has 5 nitrogen and oxygen atoms in total. The minimum atomic E-state index is -0.334. The van der Waals surface area contributed by atoms with Crippen LogP contribution in [0.25, 0.3) is 0 Å². The molecular weight excluding hydrogens is 333 g/mol. The van der Waals surface area contributed by atoms with Crippen LogP contribution in [0.4, 0.5) is 15.8 Å². The summed E-state index contributed by atoms with van der Waals surface area (Å²) in [6, 6.07) is 11.4. The Morgan fingerprint density at radius 3 is 2.42 bits per heavy atom. The van der Waals surface area contributed by atoms with Gasteiger partial charge in [-0.3, -0.25) is 9.59 Å². The summed E-state index contributed by atoms with van der Waals surface area (Å²) in [4.78, 5) is 26.6. The van der Waals surface area contributed by atoms with Crippen molar-refractivity contribution in [2.24, 2.45) is 0 Å². The fourth-order valence-corrected chi connectivity index (χ4v) is 2.67. The molecule has 0 unspecified atom stereocenters. The fraction of sp³-hybridized carbons (Fsp3) is 0.300. The Kier molecular flexibility index (Phi) is 5.21. The topological polar surface area (TPSA) is 61.4 Å². The van der Waals surface area contributed by atoms with Crippen LogP contribution in [0.5, 0.6) is 0 Å². The van der Waals surface area contributed by atoms with Crippen molar-refractivity contribution in [3.63, 3.8) is 0 Å². The van der Waals surface area contributed by atoms with Gasteiger partial charge in [0.25, 0.3) is 5.91 Å². The van der Waals surface area contributed by atoms with Gasteiger partial charge >= 0.3 is 0 Å². The molecule has 1 aliphatic rings. The van der Waals surface area contributed by atoms with Crippen molar-refractivity contribution in [1.29, 1.82) is 0 Å². The van der Waals surface area contributed by atoms with Crippen molar-refractivity contribution in [3.8, 4) is 0 Å². The number of anilines is 2. The third-order valence-electron chi connectivity index (χ3n) is 4.20. The maximum atomic E-state index is 12.9. The number of benzene rings is 2. The second kappa shape index (κ2) is 7.56. The molecule has 26 heavy (non-hydrogen) atoms. The third kappa shape index (κ3) is 4.59. The maximum absolute atomic E-state index is 12.9.